The first kappa shape index (κ1) is 11.9. The summed E-state index contributed by atoms with van der Waals surface area (Å²) in [4.78, 5) is 0. The highest BCUT2D eigenvalue weighted by atomic mass is 16.5. The quantitative estimate of drug-likeness (QED) is 0.783. The lowest BCUT2D eigenvalue weighted by atomic mass is 10.0. The Kier molecular flexibility index (Phi) is 4.43. The first-order valence-electron chi connectivity index (χ1n) is 5.31. The zero-order chi connectivity index (χ0) is 11.3. The predicted molar refractivity (Wildman–Crippen MR) is 61.1 cm³/mol. The van der Waals surface area contributed by atoms with Gasteiger partial charge in [-0.1, -0.05) is 25.8 Å². The largest absolute Gasteiger partial charge is 0.504 e. The Morgan fingerprint density at radius 1 is 1.47 bits per heavy atom. The molecule has 1 aromatic rings. The number of phenolic OH excluding ortho intramolecular Hbond substituents is 1. The van der Waals surface area contributed by atoms with E-state index in [4.69, 9.17) is 10.5 Å². The standard InChI is InChI=1S/C12H19NO2/c1-3-4-5-10(13)9-6-7-12(15-2)11(14)8-9/h6-8,10,14H,3-5,13H2,1-2H3/t10-/m1/s1. The maximum Gasteiger partial charge on any atom is 0.160 e. The maximum absolute atomic E-state index is 9.59. The van der Waals surface area contributed by atoms with Crippen molar-refractivity contribution in [2.45, 2.75) is 32.2 Å². The molecule has 3 nitrogen and oxygen atoms in total. The van der Waals surface area contributed by atoms with E-state index < -0.39 is 0 Å². The van der Waals surface area contributed by atoms with Gasteiger partial charge in [-0.2, -0.15) is 0 Å². The molecule has 84 valence electrons. The number of nitrogens with two attached hydrogens (primary N) is 1. The summed E-state index contributed by atoms with van der Waals surface area (Å²) in [6, 6.07) is 5.33. The average molecular weight is 209 g/mol. The zero-order valence-corrected chi connectivity index (χ0v) is 9.36. The van der Waals surface area contributed by atoms with E-state index in [0.717, 1.165) is 24.8 Å². The van der Waals surface area contributed by atoms with Gasteiger partial charge in [-0.25, -0.2) is 0 Å². The fourth-order valence-corrected chi connectivity index (χ4v) is 1.53. The average Bonchev–Trinajstić information content (AvgIpc) is 2.25. The van der Waals surface area contributed by atoms with E-state index in [1.54, 1.807) is 12.1 Å². The van der Waals surface area contributed by atoms with Crippen LogP contribution in [0.2, 0.25) is 0 Å². The summed E-state index contributed by atoms with van der Waals surface area (Å²) in [6.45, 7) is 2.14. The molecule has 15 heavy (non-hydrogen) atoms. The molecule has 0 spiro atoms. The second-order valence-corrected chi connectivity index (χ2v) is 3.68. The highest BCUT2D eigenvalue weighted by molar-refractivity contribution is 5.42. The van der Waals surface area contributed by atoms with Crippen molar-refractivity contribution in [1.82, 2.24) is 0 Å². The SMILES string of the molecule is CCCC[C@@H](N)c1ccc(OC)c(O)c1. The Morgan fingerprint density at radius 2 is 2.20 bits per heavy atom. The minimum absolute atomic E-state index is 0.00163. The number of unbranched alkanes of at least 4 members (excludes halogenated alkanes) is 1. The summed E-state index contributed by atoms with van der Waals surface area (Å²) in [5.74, 6) is 0.642. The second kappa shape index (κ2) is 5.61. The fraction of sp³-hybridized carbons (Fsp3) is 0.500. The number of rotatable bonds is 5. The third kappa shape index (κ3) is 3.13. The molecule has 0 heterocycles. The van der Waals surface area contributed by atoms with Crippen LogP contribution in [-0.4, -0.2) is 12.2 Å². The van der Waals surface area contributed by atoms with Crippen molar-refractivity contribution >= 4 is 0 Å². The summed E-state index contributed by atoms with van der Waals surface area (Å²) >= 11 is 0. The molecule has 0 radical (unpaired) electrons. The van der Waals surface area contributed by atoms with Gasteiger partial charge in [-0.15, -0.1) is 0 Å². The molecule has 0 aliphatic rings. The van der Waals surface area contributed by atoms with Gasteiger partial charge in [0.2, 0.25) is 0 Å². The first-order valence-corrected chi connectivity index (χ1v) is 5.31. The highest BCUT2D eigenvalue weighted by Crippen LogP contribution is 2.29. The monoisotopic (exact) mass is 209 g/mol. The minimum atomic E-state index is 0.00163. The maximum atomic E-state index is 9.59. The van der Waals surface area contributed by atoms with Gasteiger partial charge >= 0.3 is 0 Å². The van der Waals surface area contributed by atoms with Gasteiger partial charge in [-0.3, -0.25) is 0 Å². The third-order valence-corrected chi connectivity index (χ3v) is 2.50. The van der Waals surface area contributed by atoms with Crippen LogP contribution in [0.5, 0.6) is 11.5 Å². The van der Waals surface area contributed by atoms with E-state index in [9.17, 15) is 5.11 Å². The van der Waals surface area contributed by atoms with Crippen molar-refractivity contribution in [2.24, 2.45) is 5.73 Å². The molecule has 3 heteroatoms. The topological polar surface area (TPSA) is 55.5 Å². The zero-order valence-electron chi connectivity index (χ0n) is 9.36. The summed E-state index contributed by atoms with van der Waals surface area (Å²) in [6.07, 6.45) is 3.19. The smallest absolute Gasteiger partial charge is 0.160 e. The molecule has 0 saturated heterocycles. The molecule has 0 fully saturated rings. The van der Waals surface area contributed by atoms with E-state index in [1.165, 1.54) is 7.11 Å². The normalized spacial score (nSPS) is 12.5. The van der Waals surface area contributed by atoms with E-state index in [1.807, 2.05) is 6.07 Å². The number of aromatic hydroxyl groups is 1. The third-order valence-electron chi connectivity index (χ3n) is 2.50. The van der Waals surface area contributed by atoms with Gasteiger partial charge in [0.1, 0.15) is 0 Å². The molecule has 1 atom stereocenters. The number of hydrogen-bond donors (Lipinski definition) is 2. The summed E-state index contributed by atoms with van der Waals surface area (Å²) < 4.78 is 4.97. The molecular formula is C12H19NO2. The molecule has 0 aliphatic heterocycles. The van der Waals surface area contributed by atoms with Gasteiger partial charge in [0.25, 0.3) is 0 Å². The summed E-state index contributed by atoms with van der Waals surface area (Å²) in [5, 5.41) is 9.59. The number of ether oxygens (including phenoxy) is 1. The molecule has 0 amide bonds. The molecule has 1 rings (SSSR count). The predicted octanol–water partition coefficient (Wildman–Crippen LogP) is 2.59. The Hall–Kier alpha value is -1.22. The molecule has 1 aromatic carbocycles. The molecule has 3 N–H and O–H groups in total. The number of methoxy groups -OCH3 is 1. The molecule has 0 bridgehead atoms. The van der Waals surface area contributed by atoms with Crippen LogP contribution in [0, 0.1) is 0 Å². The van der Waals surface area contributed by atoms with Crippen LogP contribution >= 0.6 is 0 Å². The van der Waals surface area contributed by atoms with Gasteiger partial charge in [0.15, 0.2) is 11.5 Å². The first-order chi connectivity index (χ1) is 7.19. The van der Waals surface area contributed by atoms with E-state index in [-0.39, 0.29) is 11.8 Å². The van der Waals surface area contributed by atoms with Gasteiger partial charge in [-0.05, 0) is 24.1 Å². The lowest BCUT2D eigenvalue weighted by Gasteiger charge is -2.12. The minimum Gasteiger partial charge on any atom is -0.504 e. The molecular weight excluding hydrogens is 190 g/mol. The van der Waals surface area contributed by atoms with Crippen molar-refractivity contribution in [1.29, 1.82) is 0 Å². The molecule has 0 unspecified atom stereocenters. The summed E-state index contributed by atoms with van der Waals surface area (Å²) in [7, 11) is 1.53. The van der Waals surface area contributed by atoms with Crippen molar-refractivity contribution in [3.8, 4) is 11.5 Å². The lowest BCUT2D eigenvalue weighted by molar-refractivity contribution is 0.372. The summed E-state index contributed by atoms with van der Waals surface area (Å²) in [5.41, 5.74) is 6.95. The van der Waals surface area contributed by atoms with Crippen molar-refractivity contribution < 1.29 is 9.84 Å². The van der Waals surface area contributed by atoms with E-state index in [2.05, 4.69) is 6.92 Å². The Bertz CT molecular complexity index is 312. The Balaban J connectivity index is 2.73. The Labute approximate surface area is 90.9 Å². The van der Waals surface area contributed by atoms with Crippen LogP contribution in [0.25, 0.3) is 0 Å². The number of hydrogen-bond acceptors (Lipinski definition) is 3. The fourth-order valence-electron chi connectivity index (χ4n) is 1.53. The molecule has 0 aliphatic carbocycles. The highest BCUT2D eigenvalue weighted by Gasteiger charge is 2.08. The van der Waals surface area contributed by atoms with Crippen molar-refractivity contribution in [2.75, 3.05) is 7.11 Å². The molecule has 0 saturated carbocycles. The Morgan fingerprint density at radius 3 is 2.73 bits per heavy atom. The van der Waals surface area contributed by atoms with Crippen LogP contribution in [0.1, 0.15) is 37.8 Å². The van der Waals surface area contributed by atoms with Crippen LogP contribution in [0.15, 0.2) is 18.2 Å². The van der Waals surface area contributed by atoms with Crippen molar-refractivity contribution in [3.05, 3.63) is 23.8 Å². The van der Waals surface area contributed by atoms with Crippen LogP contribution in [0.4, 0.5) is 0 Å². The van der Waals surface area contributed by atoms with Crippen LogP contribution in [-0.2, 0) is 0 Å². The van der Waals surface area contributed by atoms with Crippen LogP contribution < -0.4 is 10.5 Å². The number of phenols is 1. The number of benzene rings is 1. The van der Waals surface area contributed by atoms with Gasteiger partial charge in [0, 0.05) is 6.04 Å². The van der Waals surface area contributed by atoms with E-state index in [0.29, 0.717) is 5.75 Å². The van der Waals surface area contributed by atoms with E-state index >= 15 is 0 Å². The van der Waals surface area contributed by atoms with Gasteiger partial charge < -0.3 is 15.6 Å². The second-order valence-electron chi connectivity index (χ2n) is 3.68. The van der Waals surface area contributed by atoms with Crippen molar-refractivity contribution in [3.63, 3.8) is 0 Å². The lowest BCUT2D eigenvalue weighted by Crippen LogP contribution is -2.09. The van der Waals surface area contributed by atoms with Gasteiger partial charge in [0.05, 0.1) is 7.11 Å². The molecule has 0 aromatic heterocycles. The van der Waals surface area contributed by atoms with Crippen LogP contribution in [0.3, 0.4) is 0 Å².